The van der Waals surface area contributed by atoms with Crippen molar-refractivity contribution in [2.75, 3.05) is 20.8 Å². The van der Waals surface area contributed by atoms with Gasteiger partial charge >= 0.3 is 5.97 Å². The van der Waals surface area contributed by atoms with Gasteiger partial charge in [-0.05, 0) is 49.0 Å². The molecular weight excluding hydrogens is 438 g/mol. The number of rotatable bonds is 6. The number of likely N-dealkylation sites (N-methyl/N-ethyl adjacent to an activating group) is 1. The zero-order valence-electron chi connectivity index (χ0n) is 17.4. The molecule has 0 spiro atoms. The number of thioether (sulfide) groups is 1. The SMILES string of the molecule is CCOC(=O)c1ccc(N=C2S/C(=C\c3cc([N+](=O)[O-])cc(OC)c3O)C(=O)N2C)cc1. The average molecular weight is 457 g/mol. The molecule has 2 aromatic carbocycles. The number of ether oxygens (including phenoxy) is 2. The van der Waals surface area contributed by atoms with Gasteiger partial charge in [-0.3, -0.25) is 19.8 Å². The third kappa shape index (κ3) is 4.72. The molecule has 0 aliphatic carbocycles. The van der Waals surface area contributed by atoms with E-state index in [1.807, 2.05) is 0 Å². The van der Waals surface area contributed by atoms with E-state index in [1.54, 1.807) is 31.2 Å². The second kappa shape index (κ2) is 9.52. The molecule has 0 bridgehead atoms. The van der Waals surface area contributed by atoms with Crippen molar-refractivity contribution in [1.82, 2.24) is 4.90 Å². The molecule has 1 N–H and O–H groups in total. The molecular formula is C21H19N3O7S. The fourth-order valence-electron chi connectivity index (χ4n) is 2.78. The minimum Gasteiger partial charge on any atom is -0.504 e. The fraction of sp³-hybridized carbons (Fsp3) is 0.190. The number of phenols is 1. The van der Waals surface area contributed by atoms with Crippen LogP contribution >= 0.6 is 11.8 Å². The van der Waals surface area contributed by atoms with Crippen LogP contribution in [0.15, 0.2) is 46.3 Å². The summed E-state index contributed by atoms with van der Waals surface area (Å²) in [6.45, 7) is 1.99. The van der Waals surface area contributed by atoms with Crippen molar-refractivity contribution >= 4 is 46.3 Å². The molecule has 2 aromatic rings. The number of nitro groups is 1. The molecule has 0 atom stereocenters. The maximum absolute atomic E-state index is 12.7. The Morgan fingerprint density at radius 1 is 1.31 bits per heavy atom. The number of esters is 1. The van der Waals surface area contributed by atoms with Crippen LogP contribution in [-0.4, -0.2) is 52.7 Å². The number of methoxy groups -OCH3 is 1. The lowest BCUT2D eigenvalue weighted by atomic mass is 10.1. The van der Waals surface area contributed by atoms with Crippen LogP contribution in [0.3, 0.4) is 0 Å². The van der Waals surface area contributed by atoms with Crippen LogP contribution in [0.2, 0.25) is 0 Å². The number of carbonyl (C=O) groups excluding carboxylic acids is 2. The Bertz CT molecular complexity index is 1140. The van der Waals surface area contributed by atoms with E-state index in [-0.39, 0.29) is 40.2 Å². The maximum atomic E-state index is 12.7. The van der Waals surface area contributed by atoms with Crippen LogP contribution < -0.4 is 4.74 Å². The molecule has 0 unspecified atom stereocenters. The van der Waals surface area contributed by atoms with Gasteiger partial charge in [0.2, 0.25) is 0 Å². The average Bonchev–Trinajstić information content (AvgIpc) is 3.03. The largest absolute Gasteiger partial charge is 0.504 e. The van der Waals surface area contributed by atoms with Crippen LogP contribution in [0.5, 0.6) is 11.5 Å². The van der Waals surface area contributed by atoms with Gasteiger partial charge in [-0.15, -0.1) is 0 Å². The van der Waals surface area contributed by atoms with Gasteiger partial charge in [-0.1, -0.05) is 0 Å². The Morgan fingerprint density at radius 3 is 2.59 bits per heavy atom. The predicted octanol–water partition coefficient (Wildman–Crippen LogP) is 3.72. The molecule has 0 radical (unpaired) electrons. The number of carbonyl (C=O) groups is 2. The van der Waals surface area contributed by atoms with Crippen molar-refractivity contribution in [2.45, 2.75) is 6.92 Å². The molecule has 1 saturated heterocycles. The number of phenolic OH excluding ortho intramolecular Hbond substituents is 1. The summed E-state index contributed by atoms with van der Waals surface area (Å²) in [5.41, 5.74) is 0.683. The van der Waals surface area contributed by atoms with E-state index < -0.39 is 10.9 Å². The highest BCUT2D eigenvalue weighted by molar-refractivity contribution is 8.18. The quantitative estimate of drug-likeness (QED) is 0.300. The summed E-state index contributed by atoms with van der Waals surface area (Å²) in [6.07, 6.45) is 1.35. The summed E-state index contributed by atoms with van der Waals surface area (Å²) in [5, 5.41) is 21.8. The zero-order valence-corrected chi connectivity index (χ0v) is 18.2. The molecule has 1 aliphatic heterocycles. The van der Waals surface area contributed by atoms with Gasteiger partial charge in [-0.25, -0.2) is 9.79 Å². The van der Waals surface area contributed by atoms with Crippen LogP contribution in [0, 0.1) is 10.1 Å². The number of hydrogen-bond donors (Lipinski definition) is 1. The number of amidine groups is 1. The first-order valence-corrected chi connectivity index (χ1v) is 10.2. The van der Waals surface area contributed by atoms with Gasteiger partial charge in [0.1, 0.15) is 0 Å². The maximum Gasteiger partial charge on any atom is 0.338 e. The fourth-order valence-corrected chi connectivity index (χ4v) is 3.75. The molecule has 1 aliphatic rings. The lowest BCUT2D eigenvalue weighted by Gasteiger charge is -2.08. The van der Waals surface area contributed by atoms with Crippen LogP contribution in [0.1, 0.15) is 22.8 Å². The van der Waals surface area contributed by atoms with Crippen LogP contribution in [-0.2, 0) is 9.53 Å². The predicted molar refractivity (Wildman–Crippen MR) is 119 cm³/mol. The summed E-state index contributed by atoms with van der Waals surface area (Å²) in [7, 11) is 2.81. The number of amides is 1. The Balaban J connectivity index is 1.91. The Labute approximate surface area is 187 Å². The molecule has 3 rings (SSSR count). The minimum absolute atomic E-state index is 0.0698. The van der Waals surface area contributed by atoms with Crippen molar-refractivity contribution in [1.29, 1.82) is 0 Å². The number of hydrogen-bond acceptors (Lipinski definition) is 9. The normalized spacial score (nSPS) is 16.0. The highest BCUT2D eigenvalue weighted by atomic mass is 32.2. The van der Waals surface area contributed by atoms with E-state index in [4.69, 9.17) is 9.47 Å². The van der Waals surface area contributed by atoms with E-state index in [0.29, 0.717) is 16.4 Å². The summed E-state index contributed by atoms with van der Waals surface area (Å²) in [5.74, 6) is -1.22. The number of aromatic hydroxyl groups is 1. The van der Waals surface area contributed by atoms with Crippen molar-refractivity contribution in [3.8, 4) is 11.5 Å². The van der Waals surface area contributed by atoms with Crippen molar-refractivity contribution in [3.05, 3.63) is 62.5 Å². The molecule has 32 heavy (non-hydrogen) atoms. The van der Waals surface area contributed by atoms with Gasteiger partial charge in [0.05, 0.1) is 40.9 Å². The van der Waals surface area contributed by atoms with Gasteiger partial charge in [0.25, 0.3) is 11.6 Å². The second-order valence-electron chi connectivity index (χ2n) is 6.48. The highest BCUT2D eigenvalue weighted by Gasteiger charge is 2.31. The van der Waals surface area contributed by atoms with Gasteiger partial charge in [-0.2, -0.15) is 0 Å². The second-order valence-corrected chi connectivity index (χ2v) is 7.49. The summed E-state index contributed by atoms with van der Waals surface area (Å²) >= 11 is 1.05. The van der Waals surface area contributed by atoms with Crippen molar-refractivity contribution in [2.24, 2.45) is 4.99 Å². The van der Waals surface area contributed by atoms with Gasteiger partial charge in [0, 0.05) is 18.7 Å². The summed E-state index contributed by atoms with van der Waals surface area (Å²) in [4.78, 5) is 40.9. The minimum atomic E-state index is -0.619. The third-order valence-electron chi connectivity index (χ3n) is 4.41. The number of aliphatic imine (C=N–C) groups is 1. The highest BCUT2D eigenvalue weighted by Crippen LogP contribution is 2.39. The number of nitrogens with zero attached hydrogens (tertiary/aromatic N) is 3. The third-order valence-corrected chi connectivity index (χ3v) is 5.47. The van der Waals surface area contributed by atoms with Crippen LogP contribution in [0.25, 0.3) is 6.08 Å². The molecule has 11 heteroatoms. The van der Waals surface area contributed by atoms with E-state index in [1.165, 1.54) is 25.1 Å². The number of non-ortho nitro benzene ring substituents is 1. The first-order valence-electron chi connectivity index (χ1n) is 9.34. The van der Waals surface area contributed by atoms with Crippen molar-refractivity contribution < 1.29 is 29.1 Å². The number of nitro benzene ring substituents is 1. The molecule has 1 heterocycles. The molecule has 1 amide bonds. The number of benzene rings is 2. The van der Waals surface area contributed by atoms with E-state index in [0.717, 1.165) is 23.9 Å². The first kappa shape index (κ1) is 22.8. The van der Waals surface area contributed by atoms with Gasteiger partial charge < -0.3 is 14.6 Å². The molecule has 10 nitrogen and oxygen atoms in total. The lowest BCUT2D eigenvalue weighted by Crippen LogP contribution is -2.23. The molecule has 0 aromatic heterocycles. The smallest absolute Gasteiger partial charge is 0.338 e. The Hall–Kier alpha value is -3.86. The molecule has 0 saturated carbocycles. The standard InChI is InChI=1S/C21H19N3O7S/c1-4-31-20(27)12-5-7-14(8-6-12)22-21-23(2)19(26)17(32-21)10-13-9-15(24(28)29)11-16(30-3)18(13)25/h5-11,25H,4H2,1-3H3/b17-10-,22-21?. The van der Waals surface area contributed by atoms with E-state index in [9.17, 15) is 24.8 Å². The Kier molecular flexibility index (Phi) is 6.79. The van der Waals surface area contributed by atoms with E-state index in [2.05, 4.69) is 4.99 Å². The molecule has 1 fully saturated rings. The van der Waals surface area contributed by atoms with Crippen LogP contribution in [0.4, 0.5) is 11.4 Å². The lowest BCUT2D eigenvalue weighted by molar-refractivity contribution is -0.385. The summed E-state index contributed by atoms with van der Waals surface area (Å²) < 4.78 is 9.93. The summed E-state index contributed by atoms with van der Waals surface area (Å²) in [6, 6.07) is 8.64. The zero-order chi connectivity index (χ0) is 23.4. The first-order chi connectivity index (χ1) is 15.2. The molecule has 166 valence electrons. The topological polar surface area (TPSA) is 132 Å². The van der Waals surface area contributed by atoms with Crippen molar-refractivity contribution in [3.63, 3.8) is 0 Å². The Morgan fingerprint density at radius 2 is 2.00 bits per heavy atom. The van der Waals surface area contributed by atoms with Gasteiger partial charge in [0.15, 0.2) is 16.7 Å². The van der Waals surface area contributed by atoms with E-state index >= 15 is 0 Å². The monoisotopic (exact) mass is 457 g/mol.